The highest BCUT2D eigenvalue weighted by Gasteiger charge is 2.02. The molecule has 1 N–H and O–H groups in total. The summed E-state index contributed by atoms with van der Waals surface area (Å²) in [7, 11) is 0. The molecule has 0 unspecified atom stereocenters. The molecule has 0 heterocycles. The number of rotatable bonds is 7. The first kappa shape index (κ1) is 16.4. The third-order valence-corrected chi connectivity index (χ3v) is 3.45. The van der Waals surface area contributed by atoms with Crippen molar-refractivity contribution in [1.29, 1.82) is 0 Å². The summed E-state index contributed by atoms with van der Waals surface area (Å²) in [6, 6.07) is 13.0. The van der Waals surface area contributed by atoms with Crippen molar-refractivity contribution < 1.29 is 4.74 Å². The van der Waals surface area contributed by atoms with Gasteiger partial charge < -0.3 is 10.2 Å². The fourth-order valence-corrected chi connectivity index (χ4v) is 2.17. The first-order valence-electron chi connectivity index (χ1n) is 6.73. The first-order valence-corrected chi connectivity index (χ1v) is 7.49. The number of halogens is 2. The van der Waals surface area contributed by atoms with Gasteiger partial charge in [-0.15, -0.1) is 0 Å². The highest BCUT2D eigenvalue weighted by atomic mass is 35.5. The minimum atomic E-state index is 0.426. The standard InChI is InChI=1S/C17H16Cl2N2O/c1-2-9-22-17-8-7-15(18)10-14(17)12-21-20-11-13-5-3-4-6-16(13)19/h2-8,10,12,20H,1,9,11H2/b21-12-. The molecular weight excluding hydrogens is 319 g/mol. The number of hydrogen-bond acceptors (Lipinski definition) is 3. The van der Waals surface area contributed by atoms with Crippen LogP contribution in [0.15, 0.2) is 60.2 Å². The summed E-state index contributed by atoms with van der Waals surface area (Å²) in [5, 5.41) is 5.52. The van der Waals surface area contributed by atoms with Gasteiger partial charge in [-0.05, 0) is 29.8 Å². The molecule has 0 saturated heterocycles. The van der Waals surface area contributed by atoms with E-state index in [1.54, 1.807) is 30.5 Å². The zero-order chi connectivity index (χ0) is 15.8. The molecular formula is C17H16Cl2N2O. The van der Waals surface area contributed by atoms with Crippen LogP contribution in [0.3, 0.4) is 0 Å². The topological polar surface area (TPSA) is 33.6 Å². The van der Waals surface area contributed by atoms with Gasteiger partial charge in [0.2, 0.25) is 0 Å². The summed E-state index contributed by atoms with van der Waals surface area (Å²) in [6.45, 7) is 4.60. The minimum absolute atomic E-state index is 0.426. The summed E-state index contributed by atoms with van der Waals surface area (Å²) >= 11 is 12.1. The van der Waals surface area contributed by atoms with Crippen molar-refractivity contribution in [3.8, 4) is 5.75 Å². The fourth-order valence-electron chi connectivity index (χ4n) is 1.79. The van der Waals surface area contributed by atoms with Crippen molar-refractivity contribution in [2.75, 3.05) is 6.61 Å². The Morgan fingerprint density at radius 1 is 1.18 bits per heavy atom. The van der Waals surface area contributed by atoms with Crippen LogP contribution in [-0.4, -0.2) is 12.8 Å². The van der Waals surface area contributed by atoms with Gasteiger partial charge in [0.15, 0.2) is 0 Å². The number of ether oxygens (including phenoxy) is 1. The van der Waals surface area contributed by atoms with Crippen molar-refractivity contribution in [1.82, 2.24) is 5.43 Å². The van der Waals surface area contributed by atoms with Gasteiger partial charge in [0, 0.05) is 15.6 Å². The quantitative estimate of drug-likeness (QED) is 0.453. The van der Waals surface area contributed by atoms with E-state index in [0.29, 0.717) is 28.9 Å². The number of hydrogen-bond donors (Lipinski definition) is 1. The van der Waals surface area contributed by atoms with E-state index in [0.717, 1.165) is 11.1 Å². The van der Waals surface area contributed by atoms with Crippen molar-refractivity contribution in [3.63, 3.8) is 0 Å². The van der Waals surface area contributed by atoms with Crippen LogP contribution in [0, 0.1) is 0 Å². The average Bonchev–Trinajstić information content (AvgIpc) is 2.52. The predicted molar refractivity (Wildman–Crippen MR) is 93.0 cm³/mol. The summed E-state index contributed by atoms with van der Waals surface area (Å²) in [6.07, 6.45) is 3.35. The zero-order valence-electron chi connectivity index (χ0n) is 11.9. The van der Waals surface area contributed by atoms with Gasteiger partial charge in [0.25, 0.3) is 0 Å². The summed E-state index contributed by atoms with van der Waals surface area (Å²) in [5.74, 6) is 0.701. The third-order valence-electron chi connectivity index (χ3n) is 2.85. The molecule has 0 aliphatic heterocycles. The lowest BCUT2D eigenvalue weighted by atomic mass is 10.2. The molecule has 0 fully saturated rings. The molecule has 0 radical (unpaired) electrons. The lowest BCUT2D eigenvalue weighted by molar-refractivity contribution is 0.362. The van der Waals surface area contributed by atoms with Gasteiger partial charge in [-0.25, -0.2) is 0 Å². The largest absolute Gasteiger partial charge is 0.489 e. The maximum absolute atomic E-state index is 6.08. The van der Waals surface area contributed by atoms with Crippen LogP contribution < -0.4 is 10.2 Å². The summed E-state index contributed by atoms with van der Waals surface area (Å²) in [5.41, 5.74) is 4.73. The SMILES string of the molecule is C=CCOc1ccc(Cl)cc1/C=N\NCc1ccccc1Cl. The van der Waals surface area contributed by atoms with E-state index in [2.05, 4.69) is 17.1 Å². The van der Waals surface area contributed by atoms with E-state index in [1.165, 1.54) is 0 Å². The third kappa shape index (κ3) is 4.79. The molecule has 0 aliphatic rings. The molecule has 0 bridgehead atoms. The van der Waals surface area contributed by atoms with Crippen molar-refractivity contribution >= 4 is 29.4 Å². The van der Waals surface area contributed by atoms with E-state index in [4.69, 9.17) is 27.9 Å². The molecule has 5 heteroatoms. The Balaban J connectivity index is 2.01. The van der Waals surface area contributed by atoms with Gasteiger partial charge in [-0.2, -0.15) is 5.10 Å². The molecule has 22 heavy (non-hydrogen) atoms. The van der Waals surface area contributed by atoms with E-state index in [-0.39, 0.29) is 0 Å². The second-order valence-corrected chi connectivity index (χ2v) is 5.31. The van der Waals surface area contributed by atoms with Crippen LogP contribution in [0.25, 0.3) is 0 Å². The van der Waals surface area contributed by atoms with E-state index in [1.807, 2.05) is 24.3 Å². The van der Waals surface area contributed by atoms with Crippen LogP contribution in [0.1, 0.15) is 11.1 Å². The van der Waals surface area contributed by atoms with E-state index >= 15 is 0 Å². The number of hydrazone groups is 1. The summed E-state index contributed by atoms with van der Waals surface area (Å²) in [4.78, 5) is 0. The molecule has 0 spiro atoms. The molecule has 2 aromatic rings. The van der Waals surface area contributed by atoms with Crippen molar-refractivity contribution in [2.45, 2.75) is 6.54 Å². The smallest absolute Gasteiger partial charge is 0.128 e. The molecule has 0 aromatic heterocycles. The van der Waals surface area contributed by atoms with Gasteiger partial charge in [0.1, 0.15) is 12.4 Å². The van der Waals surface area contributed by atoms with Crippen LogP contribution in [0.4, 0.5) is 0 Å². The molecule has 114 valence electrons. The molecule has 3 nitrogen and oxygen atoms in total. The highest BCUT2D eigenvalue weighted by molar-refractivity contribution is 6.31. The Bertz CT molecular complexity index is 671. The van der Waals surface area contributed by atoms with Crippen LogP contribution >= 0.6 is 23.2 Å². The number of nitrogens with one attached hydrogen (secondary N) is 1. The Hall–Kier alpha value is -1.97. The normalized spacial score (nSPS) is 10.6. The van der Waals surface area contributed by atoms with E-state index < -0.39 is 0 Å². The lowest BCUT2D eigenvalue weighted by Crippen LogP contribution is -2.06. The maximum atomic E-state index is 6.08. The maximum Gasteiger partial charge on any atom is 0.128 e. The number of nitrogens with zero attached hydrogens (tertiary/aromatic N) is 1. The molecule has 0 amide bonds. The zero-order valence-corrected chi connectivity index (χ0v) is 13.4. The first-order chi connectivity index (χ1) is 10.7. The molecule has 2 rings (SSSR count). The average molecular weight is 335 g/mol. The number of benzene rings is 2. The van der Waals surface area contributed by atoms with Crippen LogP contribution in [0.2, 0.25) is 10.0 Å². The Morgan fingerprint density at radius 2 is 2.00 bits per heavy atom. The van der Waals surface area contributed by atoms with Crippen molar-refractivity contribution in [3.05, 3.63) is 76.3 Å². The molecule has 0 saturated carbocycles. The monoisotopic (exact) mass is 334 g/mol. The predicted octanol–water partition coefficient (Wildman–Crippen LogP) is 4.68. The molecule has 0 aliphatic carbocycles. The van der Waals surface area contributed by atoms with Crippen molar-refractivity contribution in [2.24, 2.45) is 5.10 Å². The van der Waals surface area contributed by atoms with E-state index in [9.17, 15) is 0 Å². The lowest BCUT2D eigenvalue weighted by Gasteiger charge is -2.07. The van der Waals surface area contributed by atoms with Gasteiger partial charge in [0.05, 0.1) is 12.8 Å². The van der Waals surface area contributed by atoms with Crippen LogP contribution in [0.5, 0.6) is 5.75 Å². The molecule has 2 aromatic carbocycles. The molecule has 0 atom stereocenters. The Morgan fingerprint density at radius 3 is 2.77 bits per heavy atom. The Labute approximate surface area is 140 Å². The van der Waals surface area contributed by atoms with Gasteiger partial charge >= 0.3 is 0 Å². The summed E-state index contributed by atoms with van der Waals surface area (Å²) < 4.78 is 5.56. The highest BCUT2D eigenvalue weighted by Crippen LogP contribution is 2.21. The van der Waals surface area contributed by atoms with Gasteiger partial charge in [-0.1, -0.05) is 54.1 Å². The minimum Gasteiger partial charge on any atom is -0.489 e. The second-order valence-electron chi connectivity index (χ2n) is 4.47. The second kappa shape index (κ2) is 8.47. The van der Waals surface area contributed by atoms with Crippen LogP contribution in [-0.2, 0) is 6.54 Å². The Kier molecular flexibility index (Phi) is 6.31. The van der Waals surface area contributed by atoms with Gasteiger partial charge in [-0.3, -0.25) is 0 Å². The fraction of sp³-hybridized carbons (Fsp3) is 0.118.